The fourth-order valence-corrected chi connectivity index (χ4v) is 3.33. The monoisotopic (exact) mass is 341 g/mol. The fourth-order valence-electron chi connectivity index (χ4n) is 2.59. The number of rotatable bonds is 6. The van der Waals surface area contributed by atoms with Gasteiger partial charge < -0.3 is 10.2 Å². The van der Waals surface area contributed by atoms with E-state index in [0.717, 1.165) is 29.5 Å². The Kier molecular flexibility index (Phi) is 5.11. The van der Waals surface area contributed by atoms with Gasteiger partial charge in [0, 0.05) is 35.4 Å². The van der Waals surface area contributed by atoms with E-state index >= 15 is 0 Å². The average molecular weight is 341 g/mol. The molecule has 0 radical (unpaired) electrons. The molecule has 0 aliphatic heterocycles. The lowest BCUT2D eigenvalue weighted by Crippen LogP contribution is -2.21. The van der Waals surface area contributed by atoms with Crippen molar-refractivity contribution < 1.29 is 4.39 Å². The van der Waals surface area contributed by atoms with Crippen LogP contribution in [0.1, 0.15) is 13.8 Å². The second-order valence-electron chi connectivity index (χ2n) is 5.39. The highest BCUT2D eigenvalue weighted by Gasteiger charge is 2.07. The second kappa shape index (κ2) is 7.45. The Balaban J connectivity index is 1.75. The van der Waals surface area contributed by atoms with Gasteiger partial charge in [0.25, 0.3) is 0 Å². The molecule has 0 amide bonds. The maximum absolute atomic E-state index is 13.2. The summed E-state index contributed by atoms with van der Waals surface area (Å²) in [5, 5.41) is 5.90. The Morgan fingerprint density at radius 3 is 2.50 bits per heavy atom. The molecule has 0 saturated carbocycles. The van der Waals surface area contributed by atoms with Crippen molar-refractivity contribution in [1.82, 2.24) is 4.98 Å². The number of hydrogen-bond donors (Lipinski definition) is 1. The van der Waals surface area contributed by atoms with Crippen LogP contribution in [0.5, 0.6) is 0 Å². The van der Waals surface area contributed by atoms with E-state index in [1.54, 1.807) is 6.07 Å². The molecule has 1 heterocycles. The van der Waals surface area contributed by atoms with Gasteiger partial charge in [0.1, 0.15) is 5.82 Å². The summed E-state index contributed by atoms with van der Waals surface area (Å²) >= 11 is 1.51. The SMILES string of the molecule is CCN(CC)c1ccc(-c2csc(Nc3cccc(F)c3)n2)cc1. The van der Waals surface area contributed by atoms with Crippen molar-refractivity contribution in [2.45, 2.75) is 13.8 Å². The molecule has 0 bridgehead atoms. The third kappa shape index (κ3) is 3.74. The van der Waals surface area contributed by atoms with Gasteiger partial charge >= 0.3 is 0 Å². The first-order valence-electron chi connectivity index (χ1n) is 8.03. The largest absolute Gasteiger partial charge is 0.372 e. The van der Waals surface area contributed by atoms with Crippen LogP contribution in [0.3, 0.4) is 0 Å². The van der Waals surface area contributed by atoms with E-state index in [1.807, 2.05) is 11.4 Å². The Morgan fingerprint density at radius 2 is 1.83 bits per heavy atom. The molecule has 0 aliphatic carbocycles. The second-order valence-corrected chi connectivity index (χ2v) is 6.25. The highest BCUT2D eigenvalue weighted by atomic mass is 32.1. The standard InChI is InChI=1S/C19H20FN3S/c1-3-23(4-2)17-10-8-14(9-11-17)18-13-24-19(22-18)21-16-7-5-6-15(20)12-16/h5-13H,3-4H2,1-2H3,(H,21,22). The van der Waals surface area contributed by atoms with E-state index in [2.05, 4.69) is 53.3 Å². The zero-order valence-electron chi connectivity index (χ0n) is 13.8. The number of thiazole rings is 1. The summed E-state index contributed by atoms with van der Waals surface area (Å²) < 4.78 is 13.2. The quantitative estimate of drug-likeness (QED) is 0.638. The van der Waals surface area contributed by atoms with Crippen molar-refractivity contribution in [2.24, 2.45) is 0 Å². The van der Waals surface area contributed by atoms with Gasteiger partial charge in [-0.2, -0.15) is 0 Å². The molecule has 5 heteroatoms. The average Bonchev–Trinajstić information content (AvgIpc) is 3.05. The van der Waals surface area contributed by atoms with E-state index in [4.69, 9.17) is 0 Å². The lowest BCUT2D eigenvalue weighted by Gasteiger charge is -2.20. The zero-order valence-corrected chi connectivity index (χ0v) is 14.6. The van der Waals surface area contributed by atoms with Crippen LogP contribution < -0.4 is 10.2 Å². The topological polar surface area (TPSA) is 28.2 Å². The third-order valence-corrected chi connectivity index (χ3v) is 4.63. The molecule has 0 unspecified atom stereocenters. The maximum Gasteiger partial charge on any atom is 0.187 e. The summed E-state index contributed by atoms with van der Waals surface area (Å²) in [6.07, 6.45) is 0. The fraction of sp³-hybridized carbons (Fsp3) is 0.211. The zero-order chi connectivity index (χ0) is 16.9. The van der Waals surface area contributed by atoms with Crippen LogP contribution in [0.2, 0.25) is 0 Å². The minimum Gasteiger partial charge on any atom is -0.372 e. The molecule has 0 atom stereocenters. The molecule has 3 aromatic rings. The van der Waals surface area contributed by atoms with Crippen molar-refractivity contribution in [1.29, 1.82) is 0 Å². The smallest absolute Gasteiger partial charge is 0.187 e. The number of benzene rings is 2. The van der Waals surface area contributed by atoms with Gasteiger partial charge in [0.2, 0.25) is 0 Å². The molecule has 0 aliphatic rings. The molecule has 24 heavy (non-hydrogen) atoms. The number of aromatic nitrogens is 1. The van der Waals surface area contributed by atoms with Crippen molar-refractivity contribution >= 4 is 27.8 Å². The number of nitrogens with zero attached hydrogens (tertiary/aromatic N) is 2. The van der Waals surface area contributed by atoms with Gasteiger partial charge in [-0.15, -0.1) is 11.3 Å². The van der Waals surface area contributed by atoms with Crippen molar-refractivity contribution in [2.75, 3.05) is 23.3 Å². The van der Waals surface area contributed by atoms with E-state index in [0.29, 0.717) is 5.69 Å². The highest BCUT2D eigenvalue weighted by Crippen LogP contribution is 2.28. The van der Waals surface area contributed by atoms with Crippen molar-refractivity contribution in [3.8, 4) is 11.3 Å². The van der Waals surface area contributed by atoms with Gasteiger partial charge in [-0.05, 0) is 44.2 Å². The number of anilines is 3. The molecule has 0 saturated heterocycles. The minimum absolute atomic E-state index is 0.260. The summed E-state index contributed by atoms with van der Waals surface area (Å²) in [7, 11) is 0. The predicted octanol–water partition coefficient (Wildman–Crippen LogP) is 5.54. The predicted molar refractivity (Wildman–Crippen MR) is 101 cm³/mol. The van der Waals surface area contributed by atoms with Gasteiger partial charge in [-0.3, -0.25) is 0 Å². The lowest BCUT2D eigenvalue weighted by molar-refractivity contribution is 0.628. The maximum atomic E-state index is 13.2. The van der Waals surface area contributed by atoms with E-state index in [1.165, 1.54) is 29.2 Å². The van der Waals surface area contributed by atoms with E-state index in [-0.39, 0.29) is 5.82 Å². The van der Waals surface area contributed by atoms with Crippen LogP contribution in [0, 0.1) is 5.82 Å². The van der Waals surface area contributed by atoms with Gasteiger partial charge in [-0.1, -0.05) is 18.2 Å². The number of hydrogen-bond acceptors (Lipinski definition) is 4. The van der Waals surface area contributed by atoms with Crippen molar-refractivity contribution in [3.05, 3.63) is 59.7 Å². The van der Waals surface area contributed by atoms with Gasteiger partial charge in [0.05, 0.1) is 5.69 Å². The Bertz CT molecular complexity index is 794. The summed E-state index contributed by atoms with van der Waals surface area (Å²) in [4.78, 5) is 6.90. The molecular formula is C19H20FN3S. The molecule has 0 fully saturated rings. The Labute approximate surface area is 145 Å². The molecule has 124 valence electrons. The normalized spacial score (nSPS) is 10.6. The van der Waals surface area contributed by atoms with Crippen LogP contribution in [0.25, 0.3) is 11.3 Å². The Hall–Kier alpha value is -2.40. The Morgan fingerprint density at radius 1 is 1.08 bits per heavy atom. The summed E-state index contributed by atoms with van der Waals surface area (Å²) in [6.45, 7) is 6.30. The number of nitrogens with one attached hydrogen (secondary N) is 1. The first-order valence-corrected chi connectivity index (χ1v) is 8.91. The first kappa shape index (κ1) is 16.5. The third-order valence-electron chi connectivity index (χ3n) is 3.87. The molecule has 3 rings (SSSR count). The van der Waals surface area contributed by atoms with Gasteiger partial charge in [-0.25, -0.2) is 9.37 Å². The summed E-state index contributed by atoms with van der Waals surface area (Å²) in [5.74, 6) is -0.260. The molecule has 2 aromatic carbocycles. The molecule has 1 N–H and O–H groups in total. The van der Waals surface area contributed by atoms with Crippen LogP contribution in [-0.4, -0.2) is 18.1 Å². The number of halogens is 1. The summed E-state index contributed by atoms with van der Waals surface area (Å²) in [6, 6.07) is 14.8. The summed E-state index contributed by atoms with van der Waals surface area (Å²) in [5.41, 5.74) is 3.92. The molecule has 0 spiro atoms. The van der Waals surface area contributed by atoms with Crippen LogP contribution >= 0.6 is 11.3 Å². The highest BCUT2D eigenvalue weighted by molar-refractivity contribution is 7.14. The van der Waals surface area contributed by atoms with Crippen LogP contribution in [0.15, 0.2) is 53.9 Å². The lowest BCUT2D eigenvalue weighted by atomic mass is 10.1. The van der Waals surface area contributed by atoms with Gasteiger partial charge in [0.15, 0.2) is 5.13 Å². The van der Waals surface area contributed by atoms with E-state index in [9.17, 15) is 4.39 Å². The van der Waals surface area contributed by atoms with Crippen LogP contribution in [0.4, 0.5) is 20.9 Å². The minimum atomic E-state index is -0.260. The van der Waals surface area contributed by atoms with E-state index < -0.39 is 0 Å². The van der Waals surface area contributed by atoms with Crippen LogP contribution in [-0.2, 0) is 0 Å². The molecule has 1 aromatic heterocycles. The molecule has 3 nitrogen and oxygen atoms in total. The first-order chi connectivity index (χ1) is 11.7. The molecular weight excluding hydrogens is 321 g/mol. The van der Waals surface area contributed by atoms with Crippen molar-refractivity contribution in [3.63, 3.8) is 0 Å².